The minimum absolute atomic E-state index is 0.329. The smallest absolute Gasteiger partial charge is 0.228 e. The first kappa shape index (κ1) is 17.6. The Hall–Kier alpha value is -2.22. The number of hydrogen-bond acceptors (Lipinski definition) is 7. The average molecular weight is 345 g/mol. The van der Waals surface area contributed by atoms with Gasteiger partial charge in [0.25, 0.3) is 0 Å². The highest BCUT2D eigenvalue weighted by atomic mass is 16.5. The number of aromatic nitrogens is 5. The number of ether oxygens (including phenoxy) is 1. The molecule has 1 saturated heterocycles. The molecule has 1 fully saturated rings. The third-order valence-corrected chi connectivity index (χ3v) is 4.28. The molecule has 25 heavy (non-hydrogen) atoms. The lowest BCUT2D eigenvalue weighted by Gasteiger charge is -2.22. The van der Waals surface area contributed by atoms with E-state index in [2.05, 4.69) is 43.7 Å². The molecule has 1 aliphatic heterocycles. The van der Waals surface area contributed by atoms with Gasteiger partial charge in [0.1, 0.15) is 12.2 Å². The van der Waals surface area contributed by atoms with Crippen LogP contribution in [0.3, 0.4) is 0 Å². The summed E-state index contributed by atoms with van der Waals surface area (Å²) >= 11 is 0. The maximum atomic E-state index is 5.49. The van der Waals surface area contributed by atoms with Crippen molar-refractivity contribution in [3.63, 3.8) is 0 Å². The van der Waals surface area contributed by atoms with Gasteiger partial charge >= 0.3 is 0 Å². The van der Waals surface area contributed by atoms with Crippen LogP contribution in [-0.4, -0.2) is 62.4 Å². The lowest BCUT2D eigenvalue weighted by molar-refractivity contribution is 0.269. The molecule has 0 aromatic carbocycles. The van der Waals surface area contributed by atoms with E-state index in [4.69, 9.17) is 4.74 Å². The van der Waals surface area contributed by atoms with Crippen molar-refractivity contribution in [3.05, 3.63) is 24.4 Å². The Morgan fingerprint density at radius 2 is 2.04 bits per heavy atom. The number of nitrogens with zero attached hydrogens (tertiary/aromatic N) is 7. The molecule has 3 rings (SSSR count). The molecule has 0 N–H and O–H groups in total. The van der Waals surface area contributed by atoms with Gasteiger partial charge in [-0.05, 0) is 27.2 Å². The molecular weight excluding hydrogens is 318 g/mol. The van der Waals surface area contributed by atoms with Gasteiger partial charge in [0.05, 0.1) is 13.2 Å². The molecular formula is C17H27N7O. The minimum Gasteiger partial charge on any atom is -0.478 e. The highest BCUT2D eigenvalue weighted by Crippen LogP contribution is 2.16. The van der Waals surface area contributed by atoms with Gasteiger partial charge in [0.15, 0.2) is 0 Å². The average Bonchev–Trinajstić information content (AvgIpc) is 2.94. The molecule has 8 nitrogen and oxygen atoms in total. The van der Waals surface area contributed by atoms with Crippen LogP contribution in [0.25, 0.3) is 0 Å². The molecule has 0 spiro atoms. The van der Waals surface area contributed by atoms with Gasteiger partial charge < -0.3 is 9.64 Å². The third-order valence-electron chi connectivity index (χ3n) is 4.28. The molecule has 2 aromatic heterocycles. The summed E-state index contributed by atoms with van der Waals surface area (Å²) in [5.41, 5.74) is 0. The molecule has 0 unspecified atom stereocenters. The van der Waals surface area contributed by atoms with Crippen LogP contribution in [0.4, 0.5) is 5.95 Å². The first-order chi connectivity index (χ1) is 12.2. The van der Waals surface area contributed by atoms with Gasteiger partial charge in [-0.15, -0.1) is 0 Å². The van der Waals surface area contributed by atoms with Crippen LogP contribution in [0.2, 0.25) is 0 Å². The number of rotatable bonds is 6. The van der Waals surface area contributed by atoms with Gasteiger partial charge in [-0.3, -0.25) is 4.90 Å². The van der Waals surface area contributed by atoms with Crippen molar-refractivity contribution in [2.24, 2.45) is 0 Å². The van der Waals surface area contributed by atoms with E-state index in [1.54, 1.807) is 18.6 Å². The Bertz CT molecular complexity index is 673. The van der Waals surface area contributed by atoms with Gasteiger partial charge in [-0.2, -0.15) is 10.1 Å². The van der Waals surface area contributed by atoms with Crippen molar-refractivity contribution in [1.82, 2.24) is 29.6 Å². The van der Waals surface area contributed by atoms with Gasteiger partial charge in [-0.25, -0.2) is 14.6 Å². The first-order valence-corrected chi connectivity index (χ1v) is 8.99. The molecule has 3 heterocycles. The van der Waals surface area contributed by atoms with Gasteiger partial charge in [-0.1, -0.05) is 0 Å². The van der Waals surface area contributed by atoms with Gasteiger partial charge in [0, 0.05) is 44.5 Å². The summed E-state index contributed by atoms with van der Waals surface area (Å²) in [5.74, 6) is 2.41. The second-order valence-corrected chi connectivity index (χ2v) is 6.46. The molecule has 1 aliphatic rings. The predicted octanol–water partition coefficient (Wildman–Crippen LogP) is 1.76. The van der Waals surface area contributed by atoms with E-state index in [-0.39, 0.29) is 0 Å². The first-order valence-electron chi connectivity index (χ1n) is 8.99. The summed E-state index contributed by atoms with van der Waals surface area (Å²) in [4.78, 5) is 18.0. The lowest BCUT2D eigenvalue weighted by atomic mass is 10.3. The van der Waals surface area contributed by atoms with E-state index in [1.165, 1.54) is 0 Å². The van der Waals surface area contributed by atoms with Crippen LogP contribution >= 0.6 is 0 Å². The molecule has 0 atom stereocenters. The lowest BCUT2D eigenvalue weighted by Crippen LogP contribution is -2.32. The molecule has 0 radical (unpaired) electrons. The second kappa shape index (κ2) is 8.24. The fourth-order valence-corrected chi connectivity index (χ4v) is 3.06. The van der Waals surface area contributed by atoms with Crippen molar-refractivity contribution < 1.29 is 4.74 Å². The Kier molecular flexibility index (Phi) is 5.80. The summed E-state index contributed by atoms with van der Waals surface area (Å²) in [6.07, 6.45) is 4.48. The zero-order valence-corrected chi connectivity index (χ0v) is 15.3. The van der Waals surface area contributed by atoms with E-state index in [1.807, 2.05) is 11.6 Å². The molecule has 0 saturated carbocycles. The summed E-state index contributed by atoms with van der Waals surface area (Å²) in [6.45, 7) is 11.5. The largest absolute Gasteiger partial charge is 0.478 e. The summed E-state index contributed by atoms with van der Waals surface area (Å²) in [6, 6.07) is 2.13. The van der Waals surface area contributed by atoms with E-state index >= 15 is 0 Å². The van der Waals surface area contributed by atoms with Crippen molar-refractivity contribution in [2.75, 3.05) is 37.7 Å². The van der Waals surface area contributed by atoms with Crippen LogP contribution in [0.5, 0.6) is 5.88 Å². The molecule has 0 bridgehead atoms. The molecule has 0 aliphatic carbocycles. The van der Waals surface area contributed by atoms with Gasteiger partial charge in [0.2, 0.25) is 11.8 Å². The maximum absolute atomic E-state index is 5.49. The van der Waals surface area contributed by atoms with E-state index in [0.717, 1.165) is 50.9 Å². The predicted molar refractivity (Wildman–Crippen MR) is 95.7 cm³/mol. The highest BCUT2D eigenvalue weighted by Gasteiger charge is 2.19. The third kappa shape index (κ3) is 4.45. The van der Waals surface area contributed by atoms with Crippen LogP contribution in [0, 0.1) is 0 Å². The topological polar surface area (TPSA) is 72.2 Å². The zero-order valence-electron chi connectivity index (χ0n) is 15.3. The van der Waals surface area contributed by atoms with E-state index < -0.39 is 0 Å². The normalized spacial score (nSPS) is 16.2. The highest BCUT2D eigenvalue weighted by molar-refractivity contribution is 5.32. The standard InChI is InChI=1S/C17H27N7O/c1-4-25-16-6-7-18-17(21-16)23-9-5-8-22(10-11-23)12-15-19-13-20-24(15)14(2)3/h6-7,13-14H,4-5,8-12H2,1-3H3. The maximum Gasteiger partial charge on any atom is 0.228 e. The molecule has 136 valence electrons. The fourth-order valence-electron chi connectivity index (χ4n) is 3.06. The van der Waals surface area contributed by atoms with Crippen LogP contribution in [-0.2, 0) is 6.54 Å². The Balaban J connectivity index is 1.62. The summed E-state index contributed by atoms with van der Waals surface area (Å²) in [5, 5.41) is 4.33. The fraction of sp³-hybridized carbons (Fsp3) is 0.647. The van der Waals surface area contributed by atoms with Crippen molar-refractivity contribution in [1.29, 1.82) is 0 Å². The summed E-state index contributed by atoms with van der Waals surface area (Å²) in [7, 11) is 0. The SMILES string of the molecule is CCOc1ccnc(N2CCCN(Cc3ncnn3C(C)C)CC2)n1. The molecule has 2 aromatic rings. The number of anilines is 1. The van der Waals surface area contributed by atoms with Crippen molar-refractivity contribution >= 4 is 5.95 Å². The van der Waals surface area contributed by atoms with Crippen LogP contribution in [0.15, 0.2) is 18.6 Å². The second-order valence-electron chi connectivity index (χ2n) is 6.46. The van der Waals surface area contributed by atoms with E-state index in [9.17, 15) is 0 Å². The van der Waals surface area contributed by atoms with E-state index in [0.29, 0.717) is 18.5 Å². The zero-order chi connectivity index (χ0) is 17.6. The Morgan fingerprint density at radius 3 is 2.84 bits per heavy atom. The minimum atomic E-state index is 0.329. The quantitative estimate of drug-likeness (QED) is 0.790. The monoisotopic (exact) mass is 345 g/mol. The van der Waals surface area contributed by atoms with Crippen molar-refractivity contribution in [3.8, 4) is 5.88 Å². The Morgan fingerprint density at radius 1 is 1.16 bits per heavy atom. The Labute approximate surface area is 148 Å². The summed E-state index contributed by atoms with van der Waals surface area (Å²) < 4.78 is 7.49. The molecule has 8 heteroatoms. The van der Waals surface area contributed by atoms with Crippen molar-refractivity contribution in [2.45, 2.75) is 39.8 Å². The molecule has 0 amide bonds. The van der Waals surface area contributed by atoms with Crippen LogP contribution < -0.4 is 9.64 Å². The van der Waals surface area contributed by atoms with Crippen LogP contribution in [0.1, 0.15) is 39.1 Å². The number of hydrogen-bond donors (Lipinski definition) is 0.